The molecule has 0 unspecified atom stereocenters. The second kappa shape index (κ2) is 6.64. The summed E-state index contributed by atoms with van der Waals surface area (Å²) in [7, 11) is 0. The van der Waals surface area contributed by atoms with Crippen LogP contribution in [0.5, 0.6) is 0 Å². The van der Waals surface area contributed by atoms with Gasteiger partial charge in [-0.15, -0.1) is 0 Å². The van der Waals surface area contributed by atoms with Crippen molar-refractivity contribution < 1.29 is 0 Å². The molecular formula is C35H31N3. The van der Waals surface area contributed by atoms with E-state index in [2.05, 4.69) is 86.7 Å². The van der Waals surface area contributed by atoms with E-state index >= 15 is 0 Å². The molecule has 3 nitrogen and oxygen atoms in total. The van der Waals surface area contributed by atoms with Gasteiger partial charge >= 0.3 is 0 Å². The van der Waals surface area contributed by atoms with Crippen molar-refractivity contribution in [3.63, 3.8) is 0 Å². The van der Waals surface area contributed by atoms with Gasteiger partial charge < -0.3 is 4.40 Å². The van der Waals surface area contributed by atoms with Gasteiger partial charge in [0.25, 0.3) is 0 Å². The standard InChI is InChI=1S/C35H31N3/c1-34(2)14-12-19(13-15-34)23-17-26-28-30(37-18-36-26)24-16-20-8-5-6-9-21(20)29-32(24)38-31-22(27(23)33(28)38)10-7-11-25(31)35(29,3)4/h5-11,16-19H,12-15H2,1-4H3. The van der Waals surface area contributed by atoms with E-state index in [0.717, 1.165) is 11.0 Å². The third-order valence-corrected chi connectivity index (χ3v) is 10.3. The van der Waals surface area contributed by atoms with Crippen LogP contribution in [0.3, 0.4) is 0 Å². The van der Waals surface area contributed by atoms with Crippen molar-refractivity contribution in [3.8, 4) is 0 Å². The van der Waals surface area contributed by atoms with Crippen molar-refractivity contribution in [3.05, 3.63) is 77.6 Å². The second-order valence-corrected chi connectivity index (χ2v) is 13.3. The Balaban J connectivity index is 1.58. The van der Waals surface area contributed by atoms with Crippen LogP contribution >= 0.6 is 0 Å². The molecule has 1 fully saturated rings. The van der Waals surface area contributed by atoms with Gasteiger partial charge in [0.1, 0.15) is 6.33 Å². The lowest BCUT2D eigenvalue weighted by atomic mass is 9.70. The molecule has 9 rings (SSSR count). The number of aromatic nitrogens is 3. The molecule has 4 aromatic carbocycles. The monoisotopic (exact) mass is 493 g/mol. The zero-order chi connectivity index (χ0) is 25.6. The maximum atomic E-state index is 4.98. The summed E-state index contributed by atoms with van der Waals surface area (Å²) in [6.45, 7) is 9.70. The Hall–Kier alpha value is -3.72. The molecule has 0 saturated heterocycles. The smallest absolute Gasteiger partial charge is 0.116 e. The SMILES string of the molecule is CC1(C)CCC(c2cc3ncnc4c5cc6ccccc6c6c5n5c7c(cccc7c2c5c34)C6(C)C)CC1. The van der Waals surface area contributed by atoms with Crippen molar-refractivity contribution in [1.82, 2.24) is 14.4 Å². The zero-order valence-corrected chi connectivity index (χ0v) is 22.5. The lowest BCUT2D eigenvalue weighted by Gasteiger charge is -2.35. The number of fused-ring (bicyclic) bond motifs is 4. The van der Waals surface area contributed by atoms with Crippen molar-refractivity contribution in [2.45, 2.75) is 64.7 Å². The summed E-state index contributed by atoms with van der Waals surface area (Å²) < 4.78 is 2.62. The first kappa shape index (κ1) is 21.2. The Bertz CT molecular complexity index is 2130. The van der Waals surface area contributed by atoms with Gasteiger partial charge in [-0.25, -0.2) is 9.97 Å². The highest BCUT2D eigenvalue weighted by atomic mass is 14.9. The van der Waals surface area contributed by atoms with Crippen molar-refractivity contribution >= 4 is 59.9 Å². The molecule has 7 aromatic rings. The zero-order valence-electron chi connectivity index (χ0n) is 22.5. The molecule has 3 heteroatoms. The number of benzene rings is 4. The van der Waals surface area contributed by atoms with Gasteiger partial charge in [-0.05, 0) is 76.6 Å². The molecule has 1 aliphatic carbocycles. The van der Waals surface area contributed by atoms with E-state index in [1.807, 2.05) is 0 Å². The molecule has 0 atom stereocenters. The topological polar surface area (TPSA) is 30.2 Å². The lowest BCUT2D eigenvalue weighted by Crippen LogP contribution is -2.24. The Morgan fingerprint density at radius 3 is 2.39 bits per heavy atom. The minimum atomic E-state index is -0.131. The maximum absolute atomic E-state index is 4.98. The first-order valence-electron chi connectivity index (χ1n) is 14.2. The van der Waals surface area contributed by atoms with Gasteiger partial charge in [0.2, 0.25) is 0 Å². The summed E-state index contributed by atoms with van der Waals surface area (Å²) in [5.41, 5.74) is 10.9. The van der Waals surface area contributed by atoms with Crippen molar-refractivity contribution in [2.75, 3.05) is 0 Å². The first-order valence-corrected chi connectivity index (χ1v) is 14.2. The number of nitrogens with zero attached hydrogens (tertiary/aromatic N) is 3. The van der Waals surface area contributed by atoms with Crippen LogP contribution in [0.4, 0.5) is 0 Å². The Morgan fingerprint density at radius 1 is 0.763 bits per heavy atom. The molecule has 1 saturated carbocycles. The fourth-order valence-corrected chi connectivity index (χ4v) is 8.31. The molecule has 0 N–H and O–H groups in total. The Morgan fingerprint density at radius 2 is 1.55 bits per heavy atom. The number of hydrogen-bond acceptors (Lipinski definition) is 2. The van der Waals surface area contributed by atoms with Crippen LogP contribution in [0, 0.1) is 5.41 Å². The van der Waals surface area contributed by atoms with E-state index in [9.17, 15) is 0 Å². The quantitative estimate of drug-likeness (QED) is 0.168. The molecule has 3 aromatic heterocycles. The normalized spacial score (nSPS) is 18.9. The van der Waals surface area contributed by atoms with E-state index in [4.69, 9.17) is 9.97 Å². The highest BCUT2D eigenvalue weighted by Crippen LogP contribution is 2.54. The third kappa shape index (κ3) is 2.38. The molecule has 4 heterocycles. The minimum absolute atomic E-state index is 0.131. The Labute approximate surface area is 221 Å². The molecule has 0 bridgehead atoms. The van der Waals surface area contributed by atoms with E-state index in [-0.39, 0.29) is 5.41 Å². The van der Waals surface area contributed by atoms with Crippen LogP contribution in [-0.2, 0) is 5.41 Å². The molecular weight excluding hydrogens is 462 g/mol. The third-order valence-electron chi connectivity index (χ3n) is 10.3. The highest BCUT2D eigenvalue weighted by Gasteiger charge is 2.38. The summed E-state index contributed by atoms with van der Waals surface area (Å²) in [6.07, 6.45) is 6.84. The molecule has 2 aliphatic rings. The van der Waals surface area contributed by atoms with Gasteiger partial charge in [-0.1, -0.05) is 70.2 Å². The number of rotatable bonds is 1. The van der Waals surface area contributed by atoms with Gasteiger partial charge in [-0.3, -0.25) is 0 Å². The molecule has 1 aliphatic heterocycles. The van der Waals surface area contributed by atoms with Crippen LogP contribution in [0.2, 0.25) is 0 Å². The van der Waals surface area contributed by atoms with Crippen LogP contribution in [0.25, 0.3) is 59.9 Å². The Kier molecular flexibility index (Phi) is 3.71. The molecule has 0 spiro atoms. The molecule has 0 radical (unpaired) electrons. The van der Waals surface area contributed by atoms with Crippen LogP contribution in [0.1, 0.15) is 76.0 Å². The van der Waals surface area contributed by atoms with Gasteiger partial charge in [-0.2, -0.15) is 0 Å². The van der Waals surface area contributed by atoms with Gasteiger partial charge in [0, 0.05) is 21.6 Å². The molecule has 38 heavy (non-hydrogen) atoms. The van der Waals surface area contributed by atoms with E-state index < -0.39 is 0 Å². The van der Waals surface area contributed by atoms with Crippen molar-refractivity contribution in [2.24, 2.45) is 5.41 Å². The number of pyridine rings is 1. The van der Waals surface area contributed by atoms with E-state index in [1.54, 1.807) is 6.33 Å². The fraction of sp³-hybridized carbons (Fsp3) is 0.314. The largest absolute Gasteiger partial charge is 0.307 e. The summed E-state index contributed by atoms with van der Waals surface area (Å²) in [6, 6.07) is 20.7. The van der Waals surface area contributed by atoms with E-state index in [0.29, 0.717) is 11.3 Å². The summed E-state index contributed by atoms with van der Waals surface area (Å²) in [4.78, 5) is 9.88. The van der Waals surface area contributed by atoms with Crippen LogP contribution < -0.4 is 0 Å². The van der Waals surface area contributed by atoms with E-state index in [1.165, 1.54) is 91.2 Å². The average Bonchev–Trinajstić information content (AvgIpc) is 3.26. The predicted molar refractivity (Wildman–Crippen MR) is 159 cm³/mol. The van der Waals surface area contributed by atoms with Crippen LogP contribution in [0.15, 0.2) is 60.9 Å². The predicted octanol–water partition coefficient (Wildman–Crippen LogP) is 9.26. The number of para-hydroxylation sites is 1. The highest BCUT2D eigenvalue weighted by molar-refractivity contribution is 6.30. The average molecular weight is 494 g/mol. The minimum Gasteiger partial charge on any atom is -0.307 e. The number of hydrogen-bond donors (Lipinski definition) is 0. The van der Waals surface area contributed by atoms with Gasteiger partial charge in [0.15, 0.2) is 0 Å². The summed E-state index contributed by atoms with van der Waals surface area (Å²) in [5.74, 6) is 0.569. The maximum Gasteiger partial charge on any atom is 0.116 e. The van der Waals surface area contributed by atoms with Crippen molar-refractivity contribution in [1.29, 1.82) is 0 Å². The molecule has 186 valence electrons. The summed E-state index contributed by atoms with van der Waals surface area (Å²) >= 11 is 0. The fourth-order valence-electron chi connectivity index (χ4n) is 8.31. The lowest BCUT2D eigenvalue weighted by molar-refractivity contribution is 0.225. The second-order valence-electron chi connectivity index (χ2n) is 13.3. The first-order chi connectivity index (χ1) is 18.4. The summed E-state index contributed by atoms with van der Waals surface area (Å²) in [5, 5.41) is 7.93. The molecule has 0 amide bonds. The van der Waals surface area contributed by atoms with Crippen LogP contribution in [-0.4, -0.2) is 14.4 Å². The van der Waals surface area contributed by atoms with Gasteiger partial charge in [0.05, 0.1) is 33.0 Å².